The molecule has 0 saturated heterocycles. The van der Waals surface area contributed by atoms with Gasteiger partial charge in [-0.3, -0.25) is 0 Å². The molecule has 0 saturated carbocycles. The molecule has 0 fully saturated rings. The van der Waals surface area contributed by atoms with Crippen LogP contribution >= 0.6 is 0 Å². The number of carbonyl (C=O) groups excluding carboxylic acids is 1. The maximum atomic E-state index is 12.2. The second kappa shape index (κ2) is 7.44. The van der Waals surface area contributed by atoms with Crippen LogP contribution in [0.15, 0.2) is 23.3 Å². The number of aromatic nitrogens is 3. The van der Waals surface area contributed by atoms with E-state index in [2.05, 4.69) is 10.3 Å². The van der Waals surface area contributed by atoms with Crippen molar-refractivity contribution in [2.24, 2.45) is 12.1 Å². The molecule has 1 aromatic carbocycles. The van der Waals surface area contributed by atoms with Gasteiger partial charge in [-0.15, -0.1) is 4.68 Å². The van der Waals surface area contributed by atoms with E-state index in [-0.39, 0.29) is 12.3 Å². The summed E-state index contributed by atoms with van der Waals surface area (Å²) in [5.41, 5.74) is 0.476. The summed E-state index contributed by atoms with van der Waals surface area (Å²) in [6.07, 6.45) is 1.42. The molecule has 2 rings (SSSR count). The summed E-state index contributed by atoms with van der Waals surface area (Å²) in [5, 5.41) is 20.0. The third kappa shape index (κ3) is 3.45. The van der Waals surface area contributed by atoms with Gasteiger partial charge in [-0.05, 0) is 29.9 Å². The van der Waals surface area contributed by atoms with Crippen LogP contribution in [0.3, 0.4) is 0 Å². The standard InChI is InChI=1S/C15H18N4O5/c1-5-24-15(21)13-14(20)19(17-18(13)2)16-9-10-6-7-11(22-3)12(8-10)23-4/h6-9H,5H2,1-4H3. The zero-order chi connectivity index (χ0) is 17.7. The Morgan fingerprint density at radius 2 is 2.08 bits per heavy atom. The van der Waals surface area contributed by atoms with Crippen molar-refractivity contribution in [2.75, 3.05) is 20.8 Å². The highest BCUT2D eigenvalue weighted by molar-refractivity contribution is 5.87. The Morgan fingerprint density at radius 3 is 2.71 bits per heavy atom. The molecule has 128 valence electrons. The predicted molar refractivity (Wildman–Crippen MR) is 81.3 cm³/mol. The zero-order valence-electron chi connectivity index (χ0n) is 13.8. The number of carbonyl (C=O) groups is 1. The third-order valence-corrected chi connectivity index (χ3v) is 3.12. The lowest BCUT2D eigenvalue weighted by molar-refractivity contribution is -0.734. The van der Waals surface area contributed by atoms with Gasteiger partial charge in [-0.25, -0.2) is 4.79 Å². The smallest absolute Gasteiger partial charge is 0.383 e. The van der Waals surface area contributed by atoms with Crippen LogP contribution in [-0.2, 0) is 11.8 Å². The van der Waals surface area contributed by atoms with Crippen LogP contribution in [0.2, 0.25) is 0 Å². The molecule has 1 aromatic heterocycles. The average molecular weight is 334 g/mol. The van der Waals surface area contributed by atoms with Gasteiger partial charge in [0.25, 0.3) is 5.69 Å². The van der Waals surface area contributed by atoms with Crippen LogP contribution < -0.4 is 19.3 Å². The van der Waals surface area contributed by atoms with Crippen molar-refractivity contribution in [3.63, 3.8) is 0 Å². The first-order valence-corrected chi connectivity index (χ1v) is 7.11. The van der Waals surface area contributed by atoms with Crippen LogP contribution in [0.4, 0.5) is 0 Å². The monoisotopic (exact) mass is 334 g/mol. The summed E-state index contributed by atoms with van der Waals surface area (Å²) in [6.45, 7) is 1.82. The molecule has 2 aromatic rings. The molecule has 0 spiro atoms. The lowest BCUT2D eigenvalue weighted by Crippen LogP contribution is -2.38. The second-order valence-corrected chi connectivity index (χ2v) is 4.64. The maximum absolute atomic E-state index is 12.2. The molecule has 0 radical (unpaired) electrons. The zero-order valence-corrected chi connectivity index (χ0v) is 13.8. The fraction of sp³-hybridized carbons (Fsp3) is 0.333. The van der Waals surface area contributed by atoms with Crippen molar-refractivity contribution < 1.29 is 28.8 Å². The van der Waals surface area contributed by atoms with Crippen molar-refractivity contribution in [3.05, 3.63) is 29.5 Å². The first-order valence-electron chi connectivity index (χ1n) is 7.11. The lowest BCUT2D eigenvalue weighted by Gasteiger charge is -2.07. The summed E-state index contributed by atoms with van der Waals surface area (Å²) in [6, 6.07) is 5.15. The van der Waals surface area contributed by atoms with Crippen molar-refractivity contribution in [2.45, 2.75) is 6.92 Å². The maximum Gasteiger partial charge on any atom is 0.383 e. The van der Waals surface area contributed by atoms with Crippen LogP contribution in [0.1, 0.15) is 23.0 Å². The normalized spacial score (nSPS) is 10.8. The summed E-state index contributed by atoms with van der Waals surface area (Å²) >= 11 is 0. The number of hydrogen-bond donors (Lipinski definition) is 0. The largest absolute Gasteiger partial charge is 0.836 e. The molecule has 0 bridgehead atoms. The number of esters is 1. The van der Waals surface area contributed by atoms with E-state index in [0.29, 0.717) is 17.1 Å². The second-order valence-electron chi connectivity index (χ2n) is 4.64. The molecule has 0 atom stereocenters. The molecule has 24 heavy (non-hydrogen) atoms. The number of benzene rings is 1. The van der Waals surface area contributed by atoms with E-state index in [1.807, 2.05) is 0 Å². The molecule has 0 N–H and O–H groups in total. The molecule has 0 unspecified atom stereocenters. The number of hydrogen-bond acceptors (Lipinski definition) is 7. The van der Waals surface area contributed by atoms with E-state index >= 15 is 0 Å². The molecule has 9 heteroatoms. The minimum Gasteiger partial charge on any atom is -0.836 e. The van der Waals surface area contributed by atoms with Crippen molar-refractivity contribution in [1.82, 2.24) is 10.0 Å². The van der Waals surface area contributed by atoms with Crippen LogP contribution in [0.25, 0.3) is 0 Å². The van der Waals surface area contributed by atoms with Gasteiger partial charge in [0, 0.05) is 5.56 Å². The minimum atomic E-state index is -0.738. The molecule has 1 heterocycles. The predicted octanol–water partition coefficient (Wildman–Crippen LogP) is -0.143. The van der Waals surface area contributed by atoms with E-state index in [1.54, 1.807) is 25.1 Å². The topological polar surface area (TPSA) is 102 Å². The molecule has 0 aliphatic carbocycles. The quantitative estimate of drug-likeness (QED) is 0.414. The Morgan fingerprint density at radius 1 is 1.38 bits per heavy atom. The van der Waals surface area contributed by atoms with Gasteiger partial charge in [-0.1, -0.05) is 5.10 Å². The fourth-order valence-electron chi connectivity index (χ4n) is 1.99. The van der Waals surface area contributed by atoms with Gasteiger partial charge in [0.1, 0.15) is 12.3 Å². The van der Waals surface area contributed by atoms with E-state index in [4.69, 9.17) is 14.2 Å². The summed E-state index contributed by atoms with van der Waals surface area (Å²) in [5.74, 6) is -0.290. The Hall–Kier alpha value is -3.10. The molecule has 9 nitrogen and oxygen atoms in total. The Bertz CT molecular complexity index is 769. The first kappa shape index (κ1) is 17.3. The summed E-state index contributed by atoms with van der Waals surface area (Å²) in [7, 11) is 4.53. The van der Waals surface area contributed by atoms with E-state index in [9.17, 15) is 9.90 Å². The van der Waals surface area contributed by atoms with Gasteiger partial charge in [-0.2, -0.15) is 0 Å². The van der Waals surface area contributed by atoms with Crippen molar-refractivity contribution in [3.8, 4) is 17.4 Å². The highest BCUT2D eigenvalue weighted by Crippen LogP contribution is 2.26. The van der Waals surface area contributed by atoms with Crippen LogP contribution in [0.5, 0.6) is 17.4 Å². The molecule has 0 aliphatic heterocycles. The van der Waals surface area contributed by atoms with Crippen molar-refractivity contribution in [1.29, 1.82) is 0 Å². The van der Waals surface area contributed by atoms with E-state index in [1.165, 1.54) is 27.5 Å². The molecule has 0 amide bonds. The highest BCUT2D eigenvalue weighted by Gasteiger charge is 2.24. The van der Waals surface area contributed by atoms with Gasteiger partial charge in [0.05, 0.1) is 27.0 Å². The SMILES string of the molecule is CCOC(=O)c1c([O-])n(N=Cc2ccc(OC)c(OC)c2)n[n+]1C. The number of aryl methyl sites for hydroxylation is 1. The number of methoxy groups -OCH3 is 2. The summed E-state index contributed by atoms with van der Waals surface area (Å²) < 4.78 is 16.3. The van der Waals surface area contributed by atoms with Crippen molar-refractivity contribution >= 4 is 12.2 Å². The van der Waals surface area contributed by atoms with Gasteiger partial charge in [0.2, 0.25) is 0 Å². The van der Waals surface area contributed by atoms with Crippen LogP contribution in [-0.4, -0.2) is 43.0 Å². The lowest BCUT2D eigenvalue weighted by atomic mass is 10.2. The fourth-order valence-corrected chi connectivity index (χ4v) is 1.99. The van der Waals surface area contributed by atoms with Gasteiger partial charge in [0.15, 0.2) is 17.4 Å². The number of rotatable bonds is 6. The van der Waals surface area contributed by atoms with Gasteiger partial charge >= 0.3 is 5.97 Å². The minimum absolute atomic E-state index is 0.165. The Labute approximate surface area is 138 Å². The van der Waals surface area contributed by atoms with Gasteiger partial charge < -0.3 is 19.3 Å². The Balaban J connectivity index is 2.30. The Kier molecular flexibility index (Phi) is 5.35. The molecular weight excluding hydrogens is 316 g/mol. The summed E-state index contributed by atoms with van der Waals surface area (Å²) in [4.78, 5) is 12.6. The number of nitrogens with zero attached hydrogens (tertiary/aromatic N) is 4. The molecular formula is C15H18N4O5. The van der Waals surface area contributed by atoms with Crippen LogP contribution in [0, 0.1) is 0 Å². The molecule has 0 aliphatic rings. The average Bonchev–Trinajstić information content (AvgIpc) is 2.86. The van der Waals surface area contributed by atoms with E-state index < -0.39 is 11.8 Å². The first-order chi connectivity index (χ1) is 11.5. The highest BCUT2D eigenvalue weighted by atomic mass is 16.5. The van der Waals surface area contributed by atoms with E-state index in [0.717, 1.165) is 9.47 Å². The third-order valence-electron chi connectivity index (χ3n) is 3.12. The number of ether oxygens (including phenoxy) is 3.